The molecule has 146 valence electrons. The van der Waals surface area contributed by atoms with Crippen molar-refractivity contribution < 1.29 is 18.9 Å². The first-order valence-corrected chi connectivity index (χ1v) is 9.14. The van der Waals surface area contributed by atoms with Gasteiger partial charge in [-0.15, -0.1) is 0 Å². The van der Waals surface area contributed by atoms with E-state index in [9.17, 15) is 0 Å². The van der Waals surface area contributed by atoms with Crippen molar-refractivity contribution in [2.45, 2.75) is 32.3 Å². The number of ether oxygens (including phenoxy) is 4. The molecule has 1 aliphatic heterocycles. The van der Waals surface area contributed by atoms with Crippen LogP contribution in [0, 0.1) is 0 Å². The molecule has 0 amide bonds. The molecule has 1 saturated heterocycles. The van der Waals surface area contributed by atoms with E-state index in [1.165, 1.54) is 0 Å². The van der Waals surface area contributed by atoms with Crippen LogP contribution in [0.4, 0.5) is 0 Å². The van der Waals surface area contributed by atoms with E-state index in [1.54, 1.807) is 21.3 Å². The standard InChI is InChI=1S/C19H31N3O4/c1-5-20-19(22-13-14-7-6-10-26-14)21-9-8-16-17(24-3)11-15(23-2)12-18(16)25-4/h11-12,14H,5-10,13H2,1-4H3,(H2,20,21,22). The summed E-state index contributed by atoms with van der Waals surface area (Å²) in [6.07, 6.45) is 3.19. The van der Waals surface area contributed by atoms with Crippen LogP contribution in [0.15, 0.2) is 17.1 Å². The Kier molecular flexibility index (Phi) is 8.34. The maximum Gasteiger partial charge on any atom is 0.191 e. The molecule has 2 rings (SSSR count). The van der Waals surface area contributed by atoms with Gasteiger partial charge in [-0.05, 0) is 26.2 Å². The summed E-state index contributed by atoms with van der Waals surface area (Å²) in [5.41, 5.74) is 0.998. The minimum absolute atomic E-state index is 0.243. The number of methoxy groups -OCH3 is 3. The number of benzene rings is 1. The molecule has 1 aromatic carbocycles. The third kappa shape index (κ3) is 5.69. The normalized spacial score (nSPS) is 17.1. The molecule has 0 aliphatic carbocycles. The summed E-state index contributed by atoms with van der Waals surface area (Å²) in [4.78, 5) is 4.63. The van der Waals surface area contributed by atoms with E-state index in [0.717, 1.165) is 55.4 Å². The zero-order chi connectivity index (χ0) is 18.8. The Bertz CT molecular complexity index is 561. The minimum Gasteiger partial charge on any atom is -0.496 e. The fourth-order valence-corrected chi connectivity index (χ4v) is 2.95. The molecule has 2 N–H and O–H groups in total. The van der Waals surface area contributed by atoms with Gasteiger partial charge in [0.1, 0.15) is 17.2 Å². The Labute approximate surface area is 156 Å². The third-order valence-electron chi connectivity index (χ3n) is 4.31. The van der Waals surface area contributed by atoms with Gasteiger partial charge in [0.05, 0.1) is 34.0 Å². The Hall–Kier alpha value is -2.15. The maximum atomic E-state index is 5.63. The van der Waals surface area contributed by atoms with Gasteiger partial charge < -0.3 is 29.6 Å². The van der Waals surface area contributed by atoms with Gasteiger partial charge >= 0.3 is 0 Å². The van der Waals surface area contributed by atoms with Gasteiger partial charge in [-0.3, -0.25) is 4.99 Å². The molecule has 1 unspecified atom stereocenters. The molecule has 1 heterocycles. The first-order chi connectivity index (χ1) is 12.7. The number of guanidine groups is 1. The number of hydrogen-bond donors (Lipinski definition) is 2. The SMILES string of the molecule is CCNC(=NCC1CCCO1)NCCc1c(OC)cc(OC)cc1OC. The molecule has 7 nitrogen and oxygen atoms in total. The molecule has 1 aromatic rings. The maximum absolute atomic E-state index is 5.63. The highest BCUT2D eigenvalue weighted by atomic mass is 16.5. The van der Waals surface area contributed by atoms with Gasteiger partial charge in [-0.2, -0.15) is 0 Å². The zero-order valence-electron chi connectivity index (χ0n) is 16.3. The van der Waals surface area contributed by atoms with Crippen molar-refractivity contribution in [2.75, 3.05) is 47.6 Å². The van der Waals surface area contributed by atoms with Crippen LogP contribution in [0.5, 0.6) is 17.2 Å². The number of aliphatic imine (C=N–C) groups is 1. The number of nitrogens with zero attached hydrogens (tertiary/aromatic N) is 1. The van der Waals surface area contributed by atoms with E-state index in [4.69, 9.17) is 18.9 Å². The van der Waals surface area contributed by atoms with Crippen LogP contribution < -0.4 is 24.8 Å². The lowest BCUT2D eigenvalue weighted by atomic mass is 10.1. The molecule has 1 fully saturated rings. The monoisotopic (exact) mass is 365 g/mol. The Morgan fingerprint density at radius 1 is 1.15 bits per heavy atom. The lowest BCUT2D eigenvalue weighted by Crippen LogP contribution is -2.39. The van der Waals surface area contributed by atoms with E-state index in [-0.39, 0.29) is 6.10 Å². The van der Waals surface area contributed by atoms with Gasteiger partial charge in [-0.25, -0.2) is 0 Å². The quantitative estimate of drug-likeness (QED) is 0.515. The zero-order valence-corrected chi connectivity index (χ0v) is 16.3. The predicted molar refractivity (Wildman–Crippen MR) is 103 cm³/mol. The smallest absolute Gasteiger partial charge is 0.191 e. The van der Waals surface area contributed by atoms with E-state index < -0.39 is 0 Å². The van der Waals surface area contributed by atoms with Crippen molar-refractivity contribution >= 4 is 5.96 Å². The molecule has 26 heavy (non-hydrogen) atoms. The fraction of sp³-hybridized carbons (Fsp3) is 0.632. The average molecular weight is 365 g/mol. The first kappa shape index (κ1) is 20.2. The molecule has 0 radical (unpaired) electrons. The van der Waals surface area contributed by atoms with E-state index >= 15 is 0 Å². The van der Waals surface area contributed by atoms with E-state index in [0.29, 0.717) is 18.8 Å². The molecule has 0 saturated carbocycles. The lowest BCUT2D eigenvalue weighted by Gasteiger charge is -2.16. The largest absolute Gasteiger partial charge is 0.496 e. The minimum atomic E-state index is 0.243. The molecular weight excluding hydrogens is 334 g/mol. The molecule has 1 atom stereocenters. The summed E-state index contributed by atoms with van der Waals surface area (Å²) in [5, 5.41) is 6.63. The summed E-state index contributed by atoms with van der Waals surface area (Å²) in [6, 6.07) is 3.74. The van der Waals surface area contributed by atoms with Crippen molar-refractivity contribution in [3.05, 3.63) is 17.7 Å². The Balaban J connectivity index is 1.98. The highest BCUT2D eigenvalue weighted by Gasteiger charge is 2.15. The Morgan fingerprint density at radius 3 is 2.42 bits per heavy atom. The van der Waals surface area contributed by atoms with Gasteiger partial charge in [0.25, 0.3) is 0 Å². The topological polar surface area (TPSA) is 73.3 Å². The summed E-state index contributed by atoms with van der Waals surface area (Å²) in [6.45, 7) is 5.10. The summed E-state index contributed by atoms with van der Waals surface area (Å²) >= 11 is 0. The average Bonchev–Trinajstić information content (AvgIpc) is 3.19. The highest BCUT2D eigenvalue weighted by Crippen LogP contribution is 2.34. The number of nitrogens with one attached hydrogen (secondary N) is 2. The fourth-order valence-electron chi connectivity index (χ4n) is 2.95. The molecular formula is C19H31N3O4. The van der Waals surface area contributed by atoms with Crippen LogP contribution in [-0.2, 0) is 11.2 Å². The van der Waals surface area contributed by atoms with Crippen LogP contribution in [0.3, 0.4) is 0 Å². The molecule has 7 heteroatoms. The van der Waals surface area contributed by atoms with Crippen LogP contribution in [0.25, 0.3) is 0 Å². The van der Waals surface area contributed by atoms with E-state index in [2.05, 4.69) is 22.5 Å². The highest BCUT2D eigenvalue weighted by molar-refractivity contribution is 5.79. The van der Waals surface area contributed by atoms with Crippen molar-refractivity contribution in [3.63, 3.8) is 0 Å². The van der Waals surface area contributed by atoms with Crippen LogP contribution in [-0.4, -0.2) is 59.6 Å². The van der Waals surface area contributed by atoms with Crippen molar-refractivity contribution in [3.8, 4) is 17.2 Å². The second-order valence-corrected chi connectivity index (χ2v) is 6.04. The second-order valence-electron chi connectivity index (χ2n) is 6.04. The predicted octanol–water partition coefficient (Wildman–Crippen LogP) is 1.99. The van der Waals surface area contributed by atoms with Crippen LogP contribution in [0.1, 0.15) is 25.3 Å². The van der Waals surface area contributed by atoms with Crippen molar-refractivity contribution in [1.29, 1.82) is 0 Å². The molecule has 0 aromatic heterocycles. The third-order valence-corrected chi connectivity index (χ3v) is 4.31. The van der Waals surface area contributed by atoms with Crippen LogP contribution >= 0.6 is 0 Å². The molecule has 0 bridgehead atoms. The lowest BCUT2D eigenvalue weighted by molar-refractivity contribution is 0.117. The number of hydrogen-bond acceptors (Lipinski definition) is 5. The van der Waals surface area contributed by atoms with Crippen molar-refractivity contribution in [1.82, 2.24) is 10.6 Å². The summed E-state index contributed by atoms with van der Waals surface area (Å²) in [5.74, 6) is 3.02. The summed E-state index contributed by atoms with van der Waals surface area (Å²) in [7, 11) is 4.93. The molecule has 1 aliphatic rings. The number of rotatable bonds is 9. The molecule has 0 spiro atoms. The Morgan fingerprint density at radius 2 is 1.88 bits per heavy atom. The second kappa shape index (κ2) is 10.8. The van der Waals surface area contributed by atoms with Gasteiger partial charge in [0.15, 0.2) is 5.96 Å². The van der Waals surface area contributed by atoms with E-state index in [1.807, 2.05) is 12.1 Å². The van der Waals surface area contributed by atoms with Crippen LogP contribution in [0.2, 0.25) is 0 Å². The van der Waals surface area contributed by atoms with Gasteiger partial charge in [0, 0.05) is 37.4 Å². The van der Waals surface area contributed by atoms with Gasteiger partial charge in [-0.1, -0.05) is 0 Å². The first-order valence-electron chi connectivity index (χ1n) is 9.14. The van der Waals surface area contributed by atoms with Gasteiger partial charge in [0.2, 0.25) is 0 Å². The summed E-state index contributed by atoms with van der Waals surface area (Å²) < 4.78 is 21.9. The van der Waals surface area contributed by atoms with Crippen molar-refractivity contribution in [2.24, 2.45) is 4.99 Å².